The molecule has 2 aromatic rings. The van der Waals surface area contributed by atoms with Crippen LogP contribution in [0.5, 0.6) is 0 Å². The van der Waals surface area contributed by atoms with Gasteiger partial charge < -0.3 is 10.7 Å². The molecule has 1 atom stereocenters. The Bertz CT molecular complexity index is 453. The number of H-pyrrole nitrogens is 1. The zero-order chi connectivity index (χ0) is 10.8. The third-order valence-electron chi connectivity index (χ3n) is 2.32. The first-order valence-electron chi connectivity index (χ1n) is 4.63. The Kier molecular flexibility index (Phi) is 2.64. The van der Waals surface area contributed by atoms with Crippen molar-refractivity contribution in [1.82, 2.24) is 9.97 Å². The number of halogens is 2. The van der Waals surface area contributed by atoms with E-state index in [1.54, 1.807) is 18.5 Å². The maximum Gasteiger partial charge on any atom is 0.253 e. The molecule has 0 aromatic carbocycles. The summed E-state index contributed by atoms with van der Waals surface area (Å²) in [5, 5.41) is 0.855. The highest BCUT2D eigenvalue weighted by atomic mass is 19.3. The van der Waals surface area contributed by atoms with Crippen LogP contribution in [0, 0.1) is 0 Å². The average molecular weight is 211 g/mol. The van der Waals surface area contributed by atoms with Crippen molar-refractivity contribution < 1.29 is 8.78 Å². The molecule has 3 N–H and O–H groups in total. The van der Waals surface area contributed by atoms with Crippen LogP contribution in [-0.4, -0.2) is 22.4 Å². The molecule has 2 rings (SSSR count). The van der Waals surface area contributed by atoms with Gasteiger partial charge in [0.2, 0.25) is 0 Å². The molecule has 0 amide bonds. The van der Waals surface area contributed by atoms with E-state index < -0.39 is 12.5 Å². The standard InChI is InChI=1S/C10H11F2N3/c11-9(12)8(13)4-6-5-15-10-7(6)2-1-3-14-10/h1-3,5,8-9H,4,13H2,(H,14,15). The van der Waals surface area contributed by atoms with Crippen LogP contribution in [0.3, 0.4) is 0 Å². The normalized spacial score (nSPS) is 13.6. The predicted molar refractivity (Wildman–Crippen MR) is 53.8 cm³/mol. The van der Waals surface area contributed by atoms with E-state index in [9.17, 15) is 8.78 Å². The Morgan fingerprint density at radius 1 is 1.47 bits per heavy atom. The molecule has 0 radical (unpaired) electrons. The summed E-state index contributed by atoms with van der Waals surface area (Å²) >= 11 is 0. The molecule has 0 aliphatic heterocycles. The second kappa shape index (κ2) is 3.94. The molecular formula is C10H11F2N3. The summed E-state index contributed by atoms with van der Waals surface area (Å²) < 4.78 is 24.5. The SMILES string of the molecule is NC(Cc1c[nH]c2ncccc12)C(F)F. The van der Waals surface area contributed by atoms with Gasteiger partial charge in [0.05, 0.1) is 6.04 Å². The van der Waals surface area contributed by atoms with Crippen molar-refractivity contribution in [3.63, 3.8) is 0 Å². The monoisotopic (exact) mass is 211 g/mol. The molecule has 2 aromatic heterocycles. The second-order valence-corrected chi connectivity index (χ2v) is 3.42. The molecular weight excluding hydrogens is 200 g/mol. The minimum atomic E-state index is -2.49. The number of nitrogens with zero attached hydrogens (tertiary/aromatic N) is 1. The molecule has 0 saturated heterocycles. The molecule has 0 bridgehead atoms. The summed E-state index contributed by atoms with van der Waals surface area (Å²) in [5.74, 6) is 0. The van der Waals surface area contributed by atoms with Crippen LogP contribution in [0.1, 0.15) is 5.56 Å². The van der Waals surface area contributed by atoms with Crippen molar-refractivity contribution in [2.45, 2.75) is 18.9 Å². The van der Waals surface area contributed by atoms with Crippen molar-refractivity contribution in [2.75, 3.05) is 0 Å². The highest BCUT2D eigenvalue weighted by Crippen LogP contribution is 2.18. The molecule has 3 nitrogen and oxygen atoms in total. The minimum Gasteiger partial charge on any atom is -0.346 e. The summed E-state index contributed by atoms with van der Waals surface area (Å²) in [5.41, 5.74) is 6.80. The Labute approximate surface area is 85.3 Å². The number of rotatable bonds is 3. The van der Waals surface area contributed by atoms with Crippen LogP contribution in [0.2, 0.25) is 0 Å². The number of pyridine rings is 1. The third kappa shape index (κ3) is 1.97. The maximum absolute atomic E-state index is 12.3. The van der Waals surface area contributed by atoms with Gasteiger partial charge in [-0.25, -0.2) is 13.8 Å². The number of aromatic amines is 1. The topological polar surface area (TPSA) is 54.7 Å². The highest BCUT2D eigenvalue weighted by Gasteiger charge is 2.17. The van der Waals surface area contributed by atoms with Crippen molar-refractivity contribution >= 4 is 11.0 Å². The van der Waals surface area contributed by atoms with Gasteiger partial charge in [0.25, 0.3) is 6.43 Å². The van der Waals surface area contributed by atoms with E-state index in [0.717, 1.165) is 10.9 Å². The van der Waals surface area contributed by atoms with E-state index in [1.807, 2.05) is 6.07 Å². The molecule has 2 heterocycles. The molecule has 5 heteroatoms. The Morgan fingerprint density at radius 2 is 2.27 bits per heavy atom. The van der Waals surface area contributed by atoms with E-state index in [2.05, 4.69) is 9.97 Å². The minimum absolute atomic E-state index is 0.156. The number of alkyl halides is 2. The van der Waals surface area contributed by atoms with Crippen molar-refractivity contribution in [3.05, 3.63) is 30.1 Å². The number of fused-ring (bicyclic) bond motifs is 1. The zero-order valence-corrected chi connectivity index (χ0v) is 7.95. The molecule has 80 valence electrons. The van der Waals surface area contributed by atoms with Gasteiger partial charge in [-0.1, -0.05) is 0 Å². The lowest BCUT2D eigenvalue weighted by molar-refractivity contribution is 0.116. The summed E-state index contributed by atoms with van der Waals surface area (Å²) in [7, 11) is 0. The van der Waals surface area contributed by atoms with E-state index >= 15 is 0 Å². The van der Waals surface area contributed by atoms with Crippen LogP contribution in [0.15, 0.2) is 24.5 Å². The number of hydrogen-bond donors (Lipinski definition) is 2. The highest BCUT2D eigenvalue weighted by molar-refractivity contribution is 5.79. The van der Waals surface area contributed by atoms with Gasteiger partial charge in [0, 0.05) is 17.8 Å². The van der Waals surface area contributed by atoms with Gasteiger partial charge in [-0.3, -0.25) is 0 Å². The molecule has 15 heavy (non-hydrogen) atoms. The van der Waals surface area contributed by atoms with Gasteiger partial charge >= 0.3 is 0 Å². The molecule has 1 unspecified atom stereocenters. The van der Waals surface area contributed by atoms with Crippen LogP contribution < -0.4 is 5.73 Å². The zero-order valence-electron chi connectivity index (χ0n) is 7.95. The first-order chi connectivity index (χ1) is 7.18. The number of nitrogens with one attached hydrogen (secondary N) is 1. The first-order valence-corrected chi connectivity index (χ1v) is 4.63. The summed E-state index contributed by atoms with van der Waals surface area (Å²) in [4.78, 5) is 6.99. The Hall–Kier alpha value is -1.49. The average Bonchev–Trinajstić information content (AvgIpc) is 2.62. The van der Waals surface area contributed by atoms with E-state index in [4.69, 9.17) is 5.73 Å². The third-order valence-corrected chi connectivity index (χ3v) is 2.32. The number of nitrogens with two attached hydrogens (primary N) is 1. The smallest absolute Gasteiger partial charge is 0.253 e. The maximum atomic E-state index is 12.3. The van der Waals surface area contributed by atoms with Crippen LogP contribution in [0.4, 0.5) is 8.78 Å². The molecule has 0 aliphatic carbocycles. The van der Waals surface area contributed by atoms with Gasteiger partial charge in [-0.2, -0.15) is 0 Å². The second-order valence-electron chi connectivity index (χ2n) is 3.42. The van der Waals surface area contributed by atoms with E-state index in [0.29, 0.717) is 5.65 Å². The van der Waals surface area contributed by atoms with Crippen LogP contribution >= 0.6 is 0 Å². The van der Waals surface area contributed by atoms with Crippen molar-refractivity contribution in [3.8, 4) is 0 Å². The van der Waals surface area contributed by atoms with Gasteiger partial charge in [0.1, 0.15) is 5.65 Å². The fourth-order valence-corrected chi connectivity index (χ4v) is 1.52. The predicted octanol–water partition coefficient (Wildman–Crippen LogP) is 1.70. The van der Waals surface area contributed by atoms with E-state index in [-0.39, 0.29) is 6.42 Å². The molecule has 0 aliphatic rings. The largest absolute Gasteiger partial charge is 0.346 e. The lowest BCUT2D eigenvalue weighted by atomic mass is 10.1. The molecule has 0 fully saturated rings. The van der Waals surface area contributed by atoms with E-state index in [1.165, 1.54) is 0 Å². The van der Waals surface area contributed by atoms with Gasteiger partial charge in [-0.05, 0) is 24.1 Å². The quantitative estimate of drug-likeness (QED) is 0.811. The fraction of sp³-hybridized carbons (Fsp3) is 0.300. The summed E-state index contributed by atoms with van der Waals surface area (Å²) in [6, 6.07) is 2.49. The van der Waals surface area contributed by atoms with Crippen LogP contribution in [-0.2, 0) is 6.42 Å². The number of hydrogen-bond acceptors (Lipinski definition) is 2. The first kappa shape index (κ1) is 10.0. The molecule has 0 spiro atoms. The van der Waals surface area contributed by atoms with Crippen molar-refractivity contribution in [2.24, 2.45) is 5.73 Å². The summed E-state index contributed by atoms with van der Waals surface area (Å²) in [6.07, 6.45) is 0.991. The lowest BCUT2D eigenvalue weighted by Gasteiger charge is -2.08. The van der Waals surface area contributed by atoms with Crippen LogP contribution in [0.25, 0.3) is 11.0 Å². The molecule has 0 saturated carbocycles. The summed E-state index contributed by atoms with van der Waals surface area (Å²) in [6.45, 7) is 0. The van der Waals surface area contributed by atoms with Gasteiger partial charge in [0.15, 0.2) is 0 Å². The lowest BCUT2D eigenvalue weighted by Crippen LogP contribution is -2.30. The number of aromatic nitrogens is 2. The Balaban J connectivity index is 2.29. The van der Waals surface area contributed by atoms with Crippen molar-refractivity contribution in [1.29, 1.82) is 0 Å². The Morgan fingerprint density at radius 3 is 3.00 bits per heavy atom. The van der Waals surface area contributed by atoms with Gasteiger partial charge in [-0.15, -0.1) is 0 Å². The fourth-order valence-electron chi connectivity index (χ4n) is 1.52.